The SMILES string of the molecule is Cl.O=c1cc(C2CCNCC2)n2nc3cccc(F)c3c2[nH]1. The molecule has 0 amide bonds. The molecule has 1 aliphatic heterocycles. The topological polar surface area (TPSA) is 62.2 Å². The molecule has 0 saturated carbocycles. The number of nitrogens with one attached hydrogen (secondary N) is 2. The van der Waals surface area contributed by atoms with Crippen LogP contribution in [0.2, 0.25) is 0 Å². The van der Waals surface area contributed by atoms with Crippen LogP contribution in [-0.4, -0.2) is 27.7 Å². The fraction of sp³-hybridized carbons (Fsp3) is 0.333. The number of fused-ring (bicyclic) bond motifs is 3. The molecule has 116 valence electrons. The lowest BCUT2D eigenvalue weighted by Crippen LogP contribution is -2.28. The summed E-state index contributed by atoms with van der Waals surface area (Å²) in [5, 5.41) is 8.17. The Hall–Kier alpha value is -1.92. The highest BCUT2D eigenvalue weighted by Crippen LogP contribution is 2.27. The van der Waals surface area contributed by atoms with Gasteiger partial charge in [0.2, 0.25) is 0 Å². The second kappa shape index (κ2) is 5.70. The van der Waals surface area contributed by atoms with Crippen molar-refractivity contribution < 1.29 is 4.39 Å². The van der Waals surface area contributed by atoms with Gasteiger partial charge in [-0.15, -0.1) is 12.4 Å². The Morgan fingerprint density at radius 2 is 2.05 bits per heavy atom. The van der Waals surface area contributed by atoms with Crippen molar-refractivity contribution in [3.05, 3.63) is 46.1 Å². The highest BCUT2D eigenvalue weighted by atomic mass is 35.5. The Bertz CT molecular complexity index is 882. The number of benzene rings is 1. The molecule has 5 nitrogen and oxygen atoms in total. The van der Waals surface area contributed by atoms with Crippen molar-refractivity contribution in [2.75, 3.05) is 13.1 Å². The normalized spacial score (nSPS) is 16.0. The van der Waals surface area contributed by atoms with Gasteiger partial charge in [0.15, 0.2) is 0 Å². The summed E-state index contributed by atoms with van der Waals surface area (Å²) >= 11 is 0. The molecule has 3 heterocycles. The number of hydrogen-bond acceptors (Lipinski definition) is 3. The molecule has 2 N–H and O–H groups in total. The lowest BCUT2D eigenvalue weighted by Gasteiger charge is -2.23. The second-order valence-electron chi connectivity index (χ2n) is 5.48. The lowest BCUT2D eigenvalue weighted by molar-refractivity contribution is 0.446. The largest absolute Gasteiger partial charge is 0.317 e. The second-order valence-corrected chi connectivity index (χ2v) is 5.48. The molecule has 0 bridgehead atoms. The molecule has 1 fully saturated rings. The number of piperidine rings is 1. The van der Waals surface area contributed by atoms with Crippen molar-refractivity contribution in [3.63, 3.8) is 0 Å². The molecule has 1 aliphatic rings. The van der Waals surface area contributed by atoms with Gasteiger partial charge in [-0.05, 0) is 38.1 Å². The fourth-order valence-electron chi connectivity index (χ4n) is 3.15. The van der Waals surface area contributed by atoms with Crippen LogP contribution in [0.4, 0.5) is 4.39 Å². The van der Waals surface area contributed by atoms with Gasteiger partial charge in [-0.3, -0.25) is 4.79 Å². The minimum absolute atomic E-state index is 0. The van der Waals surface area contributed by atoms with Crippen molar-refractivity contribution in [2.24, 2.45) is 0 Å². The summed E-state index contributed by atoms with van der Waals surface area (Å²) in [5.41, 5.74) is 1.67. The highest BCUT2D eigenvalue weighted by molar-refractivity contribution is 5.92. The first kappa shape index (κ1) is 15.0. The number of halogens is 2. The van der Waals surface area contributed by atoms with Crippen LogP contribution in [0.3, 0.4) is 0 Å². The zero-order valence-electron chi connectivity index (χ0n) is 11.8. The van der Waals surface area contributed by atoms with E-state index in [1.54, 1.807) is 22.7 Å². The van der Waals surface area contributed by atoms with E-state index in [0.717, 1.165) is 31.6 Å². The van der Waals surface area contributed by atoms with E-state index >= 15 is 0 Å². The Morgan fingerprint density at radius 1 is 1.27 bits per heavy atom. The van der Waals surface area contributed by atoms with E-state index < -0.39 is 0 Å². The van der Waals surface area contributed by atoms with Crippen LogP contribution in [0, 0.1) is 5.82 Å². The minimum Gasteiger partial charge on any atom is -0.317 e. The summed E-state index contributed by atoms with van der Waals surface area (Å²) < 4.78 is 15.8. The predicted octanol–water partition coefficient (Wildman–Crippen LogP) is 2.20. The summed E-state index contributed by atoms with van der Waals surface area (Å²) in [4.78, 5) is 14.7. The van der Waals surface area contributed by atoms with Crippen LogP contribution in [-0.2, 0) is 0 Å². The van der Waals surface area contributed by atoms with Crippen LogP contribution < -0.4 is 10.9 Å². The summed E-state index contributed by atoms with van der Waals surface area (Å²) in [6.07, 6.45) is 1.91. The van der Waals surface area contributed by atoms with Crippen LogP contribution in [0.5, 0.6) is 0 Å². The van der Waals surface area contributed by atoms with Gasteiger partial charge in [-0.25, -0.2) is 8.91 Å². The average molecular weight is 323 g/mol. The maximum Gasteiger partial charge on any atom is 0.251 e. The number of nitrogens with zero attached hydrogens (tertiary/aromatic N) is 2. The number of rotatable bonds is 1. The predicted molar refractivity (Wildman–Crippen MR) is 85.4 cm³/mol. The third-order valence-corrected chi connectivity index (χ3v) is 4.17. The Kier molecular flexibility index (Phi) is 3.88. The molecule has 22 heavy (non-hydrogen) atoms. The van der Waals surface area contributed by atoms with Gasteiger partial charge < -0.3 is 10.3 Å². The van der Waals surface area contributed by atoms with Gasteiger partial charge in [0.05, 0.1) is 16.6 Å². The summed E-state index contributed by atoms with van der Waals surface area (Å²) in [6.45, 7) is 1.85. The van der Waals surface area contributed by atoms with Gasteiger partial charge in [0, 0.05) is 12.0 Å². The molecule has 0 atom stereocenters. The van der Waals surface area contributed by atoms with E-state index in [1.807, 2.05) is 0 Å². The standard InChI is InChI=1S/C15H15FN4O.ClH/c16-10-2-1-3-11-14(10)15-18-13(21)8-12(20(15)19-11)9-4-6-17-7-5-9;/h1-3,8-9,17H,4-7H2,(H,18,21);1H. The van der Waals surface area contributed by atoms with Crippen molar-refractivity contribution in [1.82, 2.24) is 19.9 Å². The highest BCUT2D eigenvalue weighted by Gasteiger charge is 2.21. The van der Waals surface area contributed by atoms with Crippen LogP contribution in [0.1, 0.15) is 24.5 Å². The van der Waals surface area contributed by atoms with E-state index in [9.17, 15) is 9.18 Å². The Labute approximate surface area is 131 Å². The van der Waals surface area contributed by atoms with Gasteiger partial charge in [-0.1, -0.05) is 6.07 Å². The van der Waals surface area contributed by atoms with Crippen LogP contribution >= 0.6 is 12.4 Å². The van der Waals surface area contributed by atoms with Gasteiger partial charge in [0.1, 0.15) is 11.5 Å². The molecule has 7 heteroatoms. The quantitative estimate of drug-likeness (QED) is 0.722. The van der Waals surface area contributed by atoms with E-state index in [2.05, 4.69) is 15.4 Å². The lowest BCUT2D eigenvalue weighted by atomic mass is 9.94. The first-order chi connectivity index (χ1) is 10.2. The van der Waals surface area contributed by atoms with Crippen molar-refractivity contribution in [3.8, 4) is 0 Å². The number of aromatic nitrogens is 3. The molecule has 2 aromatic heterocycles. The third-order valence-electron chi connectivity index (χ3n) is 4.17. The zero-order chi connectivity index (χ0) is 14.4. The molecule has 0 radical (unpaired) electrons. The number of H-pyrrole nitrogens is 1. The van der Waals surface area contributed by atoms with Crippen molar-refractivity contribution in [2.45, 2.75) is 18.8 Å². The summed E-state index contributed by atoms with van der Waals surface area (Å²) in [7, 11) is 0. The molecular formula is C15H16ClFN4O. The molecule has 0 unspecified atom stereocenters. The van der Waals surface area contributed by atoms with E-state index in [0.29, 0.717) is 16.6 Å². The number of aromatic amines is 1. The van der Waals surface area contributed by atoms with E-state index in [4.69, 9.17) is 0 Å². The Balaban J connectivity index is 0.00000144. The van der Waals surface area contributed by atoms with E-state index in [-0.39, 0.29) is 29.7 Å². The minimum atomic E-state index is -0.361. The third kappa shape index (κ3) is 2.28. The molecule has 0 aliphatic carbocycles. The summed E-state index contributed by atoms with van der Waals surface area (Å²) in [6, 6.07) is 6.37. The van der Waals surface area contributed by atoms with Crippen LogP contribution in [0.25, 0.3) is 16.6 Å². The maximum absolute atomic E-state index is 14.1. The fourth-order valence-corrected chi connectivity index (χ4v) is 3.15. The average Bonchev–Trinajstić information content (AvgIpc) is 2.87. The van der Waals surface area contributed by atoms with E-state index in [1.165, 1.54) is 6.07 Å². The smallest absolute Gasteiger partial charge is 0.251 e. The molecule has 1 saturated heterocycles. The molecule has 3 aromatic rings. The van der Waals surface area contributed by atoms with Crippen LogP contribution in [0.15, 0.2) is 29.1 Å². The van der Waals surface area contributed by atoms with Gasteiger partial charge in [0.25, 0.3) is 5.56 Å². The zero-order valence-corrected chi connectivity index (χ0v) is 12.6. The van der Waals surface area contributed by atoms with Gasteiger partial charge in [-0.2, -0.15) is 5.10 Å². The first-order valence-electron chi connectivity index (χ1n) is 7.15. The van der Waals surface area contributed by atoms with Gasteiger partial charge >= 0.3 is 0 Å². The molecule has 4 rings (SSSR count). The number of hydrogen-bond donors (Lipinski definition) is 2. The monoisotopic (exact) mass is 322 g/mol. The maximum atomic E-state index is 14.1. The molecule has 1 aromatic carbocycles. The van der Waals surface area contributed by atoms with Crippen molar-refractivity contribution in [1.29, 1.82) is 0 Å². The summed E-state index contributed by atoms with van der Waals surface area (Å²) in [5.74, 6) is -0.0889. The molecular weight excluding hydrogens is 307 g/mol. The van der Waals surface area contributed by atoms with Crippen molar-refractivity contribution >= 4 is 29.0 Å². The first-order valence-corrected chi connectivity index (χ1v) is 7.15. The molecule has 0 spiro atoms. The Morgan fingerprint density at radius 3 is 2.82 bits per heavy atom.